The van der Waals surface area contributed by atoms with Crippen molar-refractivity contribution >= 4 is 17.7 Å². The SMILES string of the molecule is C=CCN(C(=O)NCC(=O)OC)c1ccc(CN=O)cc1. The van der Waals surface area contributed by atoms with Gasteiger partial charge in [0, 0.05) is 12.2 Å². The third-order valence-electron chi connectivity index (χ3n) is 2.66. The van der Waals surface area contributed by atoms with E-state index in [2.05, 4.69) is 21.8 Å². The highest BCUT2D eigenvalue weighted by Crippen LogP contribution is 2.16. The smallest absolute Gasteiger partial charge is 0.325 e. The number of nitroso groups, excluding NO2 is 1. The Balaban J connectivity index is 2.79. The molecule has 0 atom stereocenters. The number of carbonyl (C=O) groups excluding carboxylic acids is 2. The molecule has 2 amide bonds. The Labute approximate surface area is 122 Å². The van der Waals surface area contributed by atoms with Crippen molar-refractivity contribution in [2.75, 3.05) is 25.1 Å². The van der Waals surface area contributed by atoms with Gasteiger partial charge in [0.05, 0.1) is 7.11 Å². The molecule has 0 aliphatic rings. The first-order valence-electron chi connectivity index (χ1n) is 6.23. The number of esters is 1. The Morgan fingerprint density at radius 3 is 2.57 bits per heavy atom. The number of carbonyl (C=O) groups is 2. The lowest BCUT2D eigenvalue weighted by atomic mass is 10.2. The Morgan fingerprint density at radius 1 is 1.38 bits per heavy atom. The predicted molar refractivity (Wildman–Crippen MR) is 78.9 cm³/mol. The Hall–Kier alpha value is -2.70. The predicted octanol–water partition coefficient (Wildman–Crippen LogP) is 1.83. The monoisotopic (exact) mass is 291 g/mol. The zero-order chi connectivity index (χ0) is 15.7. The first-order chi connectivity index (χ1) is 10.1. The van der Waals surface area contributed by atoms with Gasteiger partial charge in [-0.3, -0.25) is 9.69 Å². The molecule has 0 aliphatic carbocycles. The molecule has 0 fully saturated rings. The van der Waals surface area contributed by atoms with Crippen LogP contribution in [0.15, 0.2) is 42.1 Å². The number of methoxy groups -OCH3 is 1. The van der Waals surface area contributed by atoms with Gasteiger partial charge in [-0.1, -0.05) is 23.4 Å². The second-order valence-corrected chi connectivity index (χ2v) is 4.09. The van der Waals surface area contributed by atoms with E-state index in [1.807, 2.05) is 0 Å². The van der Waals surface area contributed by atoms with Crippen LogP contribution in [0, 0.1) is 4.91 Å². The van der Waals surface area contributed by atoms with Gasteiger partial charge in [0.1, 0.15) is 13.1 Å². The van der Waals surface area contributed by atoms with Crippen LogP contribution in [0.2, 0.25) is 0 Å². The van der Waals surface area contributed by atoms with Crippen molar-refractivity contribution in [1.82, 2.24) is 5.32 Å². The molecular weight excluding hydrogens is 274 g/mol. The average Bonchev–Trinajstić information content (AvgIpc) is 2.51. The minimum absolute atomic E-state index is 0.0796. The lowest BCUT2D eigenvalue weighted by molar-refractivity contribution is -0.139. The summed E-state index contributed by atoms with van der Waals surface area (Å²) >= 11 is 0. The Kier molecular flexibility index (Phi) is 6.59. The van der Waals surface area contributed by atoms with Gasteiger partial charge in [0.15, 0.2) is 0 Å². The zero-order valence-corrected chi connectivity index (χ0v) is 11.7. The molecule has 7 heteroatoms. The van der Waals surface area contributed by atoms with Crippen molar-refractivity contribution in [3.8, 4) is 0 Å². The molecule has 0 spiro atoms. The molecule has 0 heterocycles. The minimum atomic E-state index is -0.533. The number of anilines is 1. The maximum absolute atomic E-state index is 12.1. The van der Waals surface area contributed by atoms with Crippen LogP contribution in [0.25, 0.3) is 0 Å². The second-order valence-electron chi connectivity index (χ2n) is 4.09. The first kappa shape index (κ1) is 16.4. The van der Waals surface area contributed by atoms with Crippen LogP contribution < -0.4 is 10.2 Å². The highest BCUT2D eigenvalue weighted by Gasteiger charge is 2.15. The molecule has 0 aromatic heterocycles. The van der Waals surface area contributed by atoms with Crippen molar-refractivity contribution in [2.24, 2.45) is 5.18 Å². The highest BCUT2D eigenvalue weighted by atomic mass is 16.5. The molecule has 1 rings (SSSR count). The van der Waals surface area contributed by atoms with Gasteiger partial charge in [-0.05, 0) is 17.7 Å². The summed E-state index contributed by atoms with van der Waals surface area (Å²) in [5.74, 6) is -0.533. The van der Waals surface area contributed by atoms with E-state index in [1.54, 1.807) is 30.3 Å². The number of ether oxygens (including phenoxy) is 1. The Bertz CT molecular complexity index is 513. The number of benzene rings is 1. The van der Waals surface area contributed by atoms with Crippen molar-refractivity contribution in [3.63, 3.8) is 0 Å². The summed E-state index contributed by atoms with van der Waals surface area (Å²) in [5, 5.41) is 5.25. The highest BCUT2D eigenvalue weighted by molar-refractivity contribution is 5.94. The first-order valence-corrected chi connectivity index (χ1v) is 6.23. The van der Waals surface area contributed by atoms with Crippen LogP contribution in [-0.2, 0) is 16.1 Å². The number of hydrogen-bond donors (Lipinski definition) is 1. The van der Waals surface area contributed by atoms with E-state index in [-0.39, 0.29) is 19.6 Å². The zero-order valence-electron chi connectivity index (χ0n) is 11.7. The molecule has 1 N–H and O–H groups in total. The average molecular weight is 291 g/mol. The fourth-order valence-corrected chi connectivity index (χ4v) is 1.61. The van der Waals surface area contributed by atoms with E-state index < -0.39 is 12.0 Å². The molecule has 0 saturated heterocycles. The van der Waals surface area contributed by atoms with Gasteiger partial charge < -0.3 is 10.1 Å². The van der Waals surface area contributed by atoms with Crippen LogP contribution >= 0.6 is 0 Å². The van der Waals surface area contributed by atoms with E-state index >= 15 is 0 Å². The standard InChI is InChI=1S/C14H17N3O4/c1-3-8-17(14(19)15-10-13(18)21-2)12-6-4-11(5-7-12)9-16-20/h3-7H,1,8-10H2,2H3,(H,15,19). The summed E-state index contributed by atoms with van der Waals surface area (Å²) in [6.45, 7) is 3.74. The fraction of sp³-hybridized carbons (Fsp3) is 0.286. The van der Waals surface area contributed by atoms with Crippen molar-refractivity contribution in [3.05, 3.63) is 47.4 Å². The van der Waals surface area contributed by atoms with E-state index in [0.717, 1.165) is 5.56 Å². The second kappa shape index (κ2) is 8.47. The number of nitrogens with one attached hydrogen (secondary N) is 1. The number of rotatable bonds is 7. The molecule has 21 heavy (non-hydrogen) atoms. The maximum atomic E-state index is 12.1. The van der Waals surface area contributed by atoms with Gasteiger partial charge in [-0.15, -0.1) is 6.58 Å². The summed E-state index contributed by atoms with van der Waals surface area (Å²) in [6, 6.07) is 6.37. The lowest BCUT2D eigenvalue weighted by Gasteiger charge is -2.21. The van der Waals surface area contributed by atoms with Crippen molar-refractivity contribution in [2.45, 2.75) is 6.54 Å². The van der Waals surface area contributed by atoms with Crippen molar-refractivity contribution < 1.29 is 14.3 Å². The van der Waals surface area contributed by atoms with Gasteiger partial charge in [0.25, 0.3) is 0 Å². The topological polar surface area (TPSA) is 88.1 Å². The molecule has 1 aromatic rings. The molecule has 112 valence electrons. The van der Waals surface area contributed by atoms with Crippen LogP contribution in [0.4, 0.5) is 10.5 Å². The number of amides is 2. The van der Waals surface area contributed by atoms with E-state index in [1.165, 1.54) is 12.0 Å². The summed E-state index contributed by atoms with van der Waals surface area (Å²) < 4.78 is 4.46. The van der Waals surface area contributed by atoms with Crippen LogP contribution in [0.3, 0.4) is 0 Å². The van der Waals surface area contributed by atoms with Crippen LogP contribution in [0.5, 0.6) is 0 Å². The molecule has 0 unspecified atom stereocenters. The molecule has 0 aliphatic heterocycles. The largest absolute Gasteiger partial charge is 0.468 e. The normalized spacial score (nSPS) is 9.57. The Morgan fingerprint density at radius 2 is 2.05 bits per heavy atom. The van der Waals surface area contributed by atoms with E-state index in [0.29, 0.717) is 5.69 Å². The lowest BCUT2D eigenvalue weighted by Crippen LogP contribution is -2.42. The van der Waals surface area contributed by atoms with Gasteiger partial charge in [0.2, 0.25) is 0 Å². The molecule has 0 saturated carbocycles. The van der Waals surface area contributed by atoms with Gasteiger partial charge in [-0.2, -0.15) is 4.91 Å². The number of urea groups is 1. The molecule has 0 radical (unpaired) electrons. The van der Waals surface area contributed by atoms with Crippen molar-refractivity contribution in [1.29, 1.82) is 0 Å². The molecular formula is C14H17N3O4. The molecule has 1 aromatic carbocycles. The van der Waals surface area contributed by atoms with Crippen LogP contribution in [0.1, 0.15) is 5.56 Å². The van der Waals surface area contributed by atoms with E-state index in [9.17, 15) is 14.5 Å². The minimum Gasteiger partial charge on any atom is -0.468 e. The number of nitrogens with zero attached hydrogens (tertiary/aromatic N) is 2. The third kappa shape index (κ3) is 5.06. The van der Waals surface area contributed by atoms with Gasteiger partial charge in [-0.25, -0.2) is 4.79 Å². The summed E-state index contributed by atoms with van der Waals surface area (Å²) in [6.07, 6.45) is 1.57. The van der Waals surface area contributed by atoms with Crippen LogP contribution in [-0.4, -0.2) is 32.2 Å². The summed E-state index contributed by atoms with van der Waals surface area (Å²) in [7, 11) is 1.25. The number of hydrogen-bond acceptors (Lipinski definition) is 5. The summed E-state index contributed by atoms with van der Waals surface area (Å²) in [5.41, 5.74) is 1.37. The molecule has 7 nitrogen and oxygen atoms in total. The maximum Gasteiger partial charge on any atom is 0.325 e. The van der Waals surface area contributed by atoms with E-state index in [4.69, 9.17) is 0 Å². The fourth-order valence-electron chi connectivity index (χ4n) is 1.61. The third-order valence-corrected chi connectivity index (χ3v) is 2.66. The quantitative estimate of drug-likeness (QED) is 0.471. The molecule has 0 bridgehead atoms. The summed E-state index contributed by atoms with van der Waals surface area (Å²) in [4.78, 5) is 34.7. The van der Waals surface area contributed by atoms with Gasteiger partial charge >= 0.3 is 12.0 Å².